The van der Waals surface area contributed by atoms with Gasteiger partial charge in [-0.2, -0.15) is 5.10 Å². The molecule has 1 amide bonds. The van der Waals surface area contributed by atoms with E-state index in [4.69, 9.17) is 0 Å². The molecule has 0 aliphatic heterocycles. The molecule has 3 rings (SSSR count). The summed E-state index contributed by atoms with van der Waals surface area (Å²) in [6.07, 6.45) is 1.60. The van der Waals surface area contributed by atoms with Crippen LogP contribution >= 0.6 is 15.9 Å². The van der Waals surface area contributed by atoms with Gasteiger partial charge in [0.1, 0.15) is 0 Å². The van der Waals surface area contributed by atoms with Crippen LogP contribution in [0.15, 0.2) is 59.2 Å². The number of rotatable bonds is 3. The molecule has 0 aliphatic rings. The van der Waals surface area contributed by atoms with Gasteiger partial charge < -0.3 is 5.32 Å². The molecule has 0 atom stereocenters. The van der Waals surface area contributed by atoms with Crippen LogP contribution in [0.3, 0.4) is 0 Å². The molecule has 3 aromatic rings. The second-order valence-corrected chi connectivity index (χ2v) is 6.18. The molecular weight excluding hydrogens is 354 g/mol. The molecular formula is C18H16BrN3O. The highest BCUT2D eigenvalue weighted by molar-refractivity contribution is 9.10. The summed E-state index contributed by atoms with van der Waals surface area (Å²) in [5, 5.41) is 7.26. The molecule has 0 radical (unpaired) electrons. The molecule has 5 heteroatoms. The number of nitrogens with one attached hydrogen (secondary N) is 1. The maximum absolute atomic E-state index is 12.5. The predicted octanol–water partition coefficient (Wildman–Crippen LogP) is 4.50. The van der Waals surface area contributed by atoms with Gasteiger partial charge in [0.05, 0.1) is 28.8 Å². The third-order valence-corrected chi connectivity index (χ3v) is 4.31. The van der Waals surface area contributed by atoms with Crippen LogP contribution in [-0.2, 0) is 0 Å². The van der Waals surface area contributed by atoms with Crippen molar-refractivity contribution < 1.29 is 4.79 Å². The van der Waals surface area contributed by atoms with Gasteiger partial charge in [0, 0.05) is 4.47 Å². The molecule has 1 N–H and O–H groups in total. The van der Waals surface area contributed by atoms with Gasteiger partial charge in [-0.05, 0) is 59.6 Å². The first-order valence-corrected chi connectivity index (χ1v) is 8.03. The summed E-state index contributed by atoms with van der Waals surface area (Å²) in [6.45, 7) is 3.92. The summed E-state index contributed by atoms with van der Waals surface area (Å²) in [6, 6.07) is 15.5. The van der Waals surface area contributed by atoms with Gasteiger partial charge in [-0.25, -0.2) is 4.68 Å². The second kappa shape index (κ2) is 6.38. The average molecular weight is 370 g/mol. The minimum absolute atomic E-state index is 0.173. The van der Waals surface area contributed by atoms with Crippen LogP contribution in [0.5, 0.6) is 0 Å². The fraction of sp³-hybridized carbons (Fsp3) is 0.111. The molecule has 1 aromatic heterocycles. The van der Waals surface area contributed by atoms with Crippen molar-refractivity contribution in [3.63, 3.8) is 0 Å². The Bertz CT molecular complexity index is 870. The van der Waals surface area contributed by atoms with Crippen molar-refractivity contribution in [1.82, 2.24) is 9.78 Å². The summed E-state index contributed by atoms with van der Waals surface area (Å²) in [4.78, 5) is 12.5. The fourth-order valence-corrected chi connectivity index (χ4v) is 2.79. The molecule has 2 aromatic carbocycles. The quantitative estimate of drug-likeness (QED) is 0.738. The van der Waals surface area contributed by atoms with Crippen LogP contribution in [0.2, 0.25) is 0 Å². The van der Waals surface area contributed by atoms with Crippen molar-refractivity contribution in [2.75, 3.05) is 5.32 Å². The zero-order valence-electron chi connectivity index (χ0n) is 12.9. The van der Waals surface area contributed by atoms with Gasteiger partial charge in [-0.3, -0.25) is 4.79 Å². The molecule has 0 spiro atoms. The Labute approximate surface area is 143 Å². The lowest BCUT2D eigenvalue weighted by molar-refractivity contribution is 0.102. The van der Waals surface area contributed by atoms with E-state index in [-0.39, 0.29) is 5.91 Å². The first-order valence-electron chi connectivity index (χ1n) is 7.24. The Morgan fingerprint density at radius 2 is 1.91 bits per heavy atom. The van der Waals surface area contributed by atoms with E-state index in [2.05, 4.69) is 26.3 Å². The van der Waals surface area contributed by atoms with Crippen molar-refractivity contribution in [2.45, 2.75) is 13.8 Å². The summed E-state index contributed by atoms with van der Waals surface area (Å²) in [5.41, 5.74) is 4.20. The van der Waals surface area contributed by atoms with E-state index in [1.807, 2.05) is 62.4 Å². The van der Waals surface area contributed by atoms with Crippen LogP contribution in [0, 0.1) is 13.8 Å². The molecule has 0 bridgehead atoms. The number of benzene rings is 2. The molecule has 116 valence electrons. The largest absolute Gasteiger partial charge is 0.321 e. The van der Waals surface area contributed by atoms with Crippen LogP contribution in [0.4, 0.5) is 5.69 Å². The van der Waals surface area contributed by atoms with Gasteiger partial charge in [-0.1, -0.05) is 24.3 Å². The summed E-state index contributed by atoms with van der Waals surface area (Å²) in [7, 11) is 0. The van der Waals surface area contributed by atoms with Crippen LogP contribution < -0.4 is 5.32 Å². The number of amides is 1. The lowest BCUT2D eigenvalue weighted by atomic mass is 10.2. The van der Waals surface area contributed by atoms with Gasteiger partial charge in [0.15, 0.2) is 0 Å². The molecule has 0 unspecified atom stereocenters. The van der Waals surface area contributed by atoms with Crippen LogP contribution in [0.25, 0.3) is 5.69 Å². The first-order chi connectivity index (χ1) is 11.1. The molecule has 0 saturated heterocycles. The number of carbonyl (C=O) groups is 1. The topological polar surface area (TPSA) is 46.9 Å². The van der Waals surface area contributed by atoms with E-state index in [9.17, 15) is 4.79 Å². The average Bonchev–Trinajstić information content (AvgIpc) is 2.91. The Morgan fingerprint density at radius 1 is 1.13 bits per heavy atom. The van der Waals surface area contributed by atoms with Crippen molar-refractivity contribution in [3.05, 3.63) is 76.0 Å². The standard InChI is InChI=1S/C18H16BrN3O/c1-12-6-5-7-14(10-12)22-13(2)15(11-20-22)18(23)21-17-9-4-3-8-16(17)19/h3-11H,1-2H3,(H,21,23). The maximum atomic E-state index is 12.5. The van der Waals surface area contributed by atoms with Crippen LogP contribution in [-0.4, -0.2) is 15.7 Å². The van der Waals surface area contributed by atoms with Crippen molar-refractivity contribution in [2.24, 2.45) is 0 Å². The summed E-state index contributed by atoms with van der Waals surface area (Å²) in [5.74, 6) is -0.173. The third kappa shape index (κ3) is 3.19. The number of hydrogen-bond acceptors (Lipinski definition) is 2. The van der Waals surface area contributed by atoms with E-state index in [0.717, 1.165) is 27.1 Å². The number of nitrogens with zero attached hydrogens (tertiary/aromatic N) is 2. The number of hydrogen-bond donors (Lipinski definition) is 1. The van der Waals surface area contributed by atoms with Gasteiger partial charge >= 0.3 is 0 Å². The minimum Gasteiger partial charge on any atom is -0.321 e. The zero-order chi connectivity index (χ0) is 16.4. The van der Waals surface area contributed by atoms with Crippen molar-refractivity contribution >= 4 is 27.5 Å². The van der Waals surface area contributed by atoms with E-state index < -0.39 is 0 Å². The van der Waals surface area contributed by atoms with Gasteiger partial charge in [0.25, 0.3) is 5.91 Å². The fourth-order valence-electron chi connectivity index (χ4n) is 2.40. The highest BCUT2D eigenvalue weighted by Crippen LogP contribution is 2.23. The molecule has 0 saturated carbocycles. The predicted molar refractivity (Wildman–Crippen MR) is 95.1 cm³/mol. The molecule has 0 aliphatic carbocycles. The van der Waals surface area contributed by atoms with E-state index in [1.54, 1.807) is 10.9 Å². The monoisotopic (exact) mass is 369 g/mol. The number of aromatic nitrogens is 2. The summed E-state index contributed by atoms with van der Waals surface area (Å²) < 4.78 is 2.62. The lowest BCUT2D eigenvalue weighted by Gasteiger charge is -2.08. The molecule has 23 heavy (non-hydrogen) atoms. The number of para-hydroxylation sites is 1. The zero-order valence-corrected chi connectivity index (χ0v) is 14.5. The highest BCUT2D eigenvalue weighted by atomic mass is 79.9. The number of carbonyl (C=O) groups excluding carboxylic acids is 1. The van der Waals surface area contributed by atoms with Crippen LogP contribution in [0.1, 0.15) is 21.6 Å². The highest BCUT2D eigenvalue weighted by Gasteiger charge is 2.16. The van der Waals surface area contributed by atoms with E-state index >= 15 is 0 Å². The van der Waals surface area contributed by atoms with Crippen molar-refractivity contribution in [3.8, 4) is 5.69 Å². The van der Waals surface area contributed by atoms with E-state index in [0.29, 0.717) is 5.56 Å². The Hall–Kier alpha value is -2.40. The third-order valence-electron chi connectivity index (χ3n) is 3.62. The van der Waals surface area contributed by atoms with Crippen molar-refractivity contribution in [1.29, 1.82) is 0 Å². The normalized spacial score (nSPS) is 10.6. The van der Waals surface area contributed by atoms with E-state index in [1.165, 1.54) is 0 Å². The Kier molecular flexibility index (Phi) is 4.30. The number of anilines is 1. The molecule has 4 nitrogen and oxygen atoms in total. The number of halogens is 1. The second-order valence-electron chi connectivity index (χ2n) is 5.33. The molecule has 1 heterocycles. The number of aryl methyl sites for hydroxylation is 1. The first kappa shape index (κ1) is 15.5. The van der Waals surface area contributed by atoms with Gasteiger partial charge in [-0.15, -0.1) is 0 Å². The maximum Gasteiger partial charge on any atom is 0.259 e. The SMILES string of the molecule is Cc1cccc(-n2ncc(C(=O)Nc3ccccc3Br)c2C)c1. The summed E-state index contributed by atoms with van der Waals surface area (Å²) >= 11 is 3.43. The van der Waals surface area contributed by atoms with Gasteiger partial charge in [0.2, 0.25) is 0 Å². The Morgan fingerprint density at radius 3 is 2.65 bits per heavy atom. The Balaban J connectivity index is 1.90. The lowest BCUT2D eigenvalue weighted by Crippen LogP contribution is -2.13. The minimum atomic E-state index is -0.173. The smallest absolute Gasteiger partial charge is 0.259 e. The molecule has 0 fully saturated rings.